The van der Waals surface area contributed by atoms with Gasteiger partial charge in [-0.2, -0.15) is 0 Å². The number of para-hydroxylation sites is 2. The molecule has 46 heavy (non-hydrogen) atoms. The zero-order chi connectivity index (χ0) is 32.4. The third kappa shape index (κ3) is 5.47. The van der Waals surface area contributed by atoms with Crippen LogP contribution in [0.15, 0.2) is 119 Å². The van der Waals surface area contributed by atoms with E-state index in [1.807, 2.05) is 153 Å². The Kier molecular flexibility index (Phi) is 8.53. The second-order valence-corrected chi connectivity index (χ2v) is 11.3. The summed E-state index contributed by atoms with van der Waals surface area (Å²) >= 11 is 0. The zero-order valence-corrected chi connectivity index (χ0v) is 26.8. The molecule has 0 bridgehead atoms. The molecule has 0 aliphatic carbocycles. The van der Waals surface area contributed by atoms with Gasteiger partial charge in [-0.15, -0.1) is 0 Å². The lowest BCUT2D eigenvalue weighted by molar-refractivity contribution is 0.269. The Hall–Kier alpha value is -5.50. The van der Waals surface area contributed by atoms with Crippen molar-refractivity contribution in [3.05, 3.63) is 164 Å². The van der Waals surface area contributed by atoms with Crippen molar-refractivity contribution in [2.75, 3.05) is 6.61 Å². The molecule has 8 nitrogen and oxygen atoms in total. The van der Waals surface area contributed by atoms with Gasteiger partial charge in [0.15, 0.2) is 11.5 Å². The maximum absolute atomic E-state index is 14.5. The van der Waals surface area contributed by atoms with E-state index in [2.05, 4.69) is 0 Å². The summed E-state index contributed by atoms with van der Waals surface area (Å²) in [5.74, 6) is 0.454. The SMILES string of the molecule is CCOc1cc(C(c2c(C)n(C)n(-c3ccccc3)c2=O)c2c(C)n(C)n(-c3ccccc3)c2=O)ccc1OCc1ccccc1. The van der Waals surface area contributed by atoms with Gasteiger partial charge in [-0.1, -0.05) is 72.8 Å². The first-order valence-electron chi connectivity index (χ1n) is 15.4. The predicted molar refractivity (Wildman–Crippen MR) is 181 cm³/mol. The monoisotopic (exact) mass is 614 g/mol. The molecule has 0 fully saturated rings. The van der Waals surface area contributed by atoms with Crippen molar-refractivity contribution >= 4 is 0 Å². The van der Waals surface area contributed by atoms with Crippen LogP contribution in [0.1, 0.15) is 46.5 Å². The molecule has 0 N–H and O–H groups in total. The average molecular weight is 615 g/mol. The maximum atomic E-state index is 14.5. The Morgan fingerprint density at radius 2 is 1.09 bits per heavy atom. The Labute approximate surface area is 268 Å². The van der Waals surface area contributed by atoms with Gasteiger partial charge in [0.1, 0.15) is 6.61 Å². The molecule has 0 saturated carbocycles. The van der Waals surface area contributed by atoms with E-state index in [0.717, 1.165) is 33.9 Å². The number of ether oxygens (including phenoxy) is 2. The van der Waals surface area contributed by atoms with Crippen molar-refractivity contribution in [1.29, 1.82) is 0 Å². The summed E-state index contributed by atoms with van der Waals surface area (Å²) in [7, 11) is 3.74. The van der Waals surface area contributed by atoms with Crippen molar-refractivity contribution in [2.45, 2.75) is 33.3 Å². The molecular weight excluding hydrogens is 576 g/mol. The van der Waals surface area contributed by atoms with Crippen molar-refractivity contribution in [2.24, 2.45) is 14.1 Å². The van der Waals surface area contributed by atoms with Gasteiger partial charge >= 0.3 is 0 Å². The normalized spacial score (nSPS) is 11.3. The Balaban J connectivity index is 1.58. The van der Waals surface area contributed by atoms with Gasteiger partial charge in [0, 0.05) is 31.4 Å². The highest BCUT2D eigenvalue weighted by atomic mass is 16.5. The minimum absolute atomic E-state index is 0.188. The van der Waals surface area contributed by atoms with Crippen LogP contribution in [-0.2, 0) is 20.7 Å². The van der Waals surface area contributed by atoms with Crippen molar-refractivity contribution in [1.82, 2.24) is 18.7 Å². The number of aromatic nitrogens is 4. The molecule has 8 heteroatoms. The summed E-state index contributed by atoms with van der Waals surface area (Å²) < 4.78 is 19.3. The third-order valence-electron chi connectivity index (χ3n) is 8.61. The van der Waals surface area contributed by atoms with E-state index in [0.29, 0.717) is 35.8 Å². The highest BCUT2D eigenvalue weighted by Gasteiger charge is 2.33. The van der Waals surface area contributed by atoms with E-state index in [1.165, 1.54) is 0 Å². The summed E-state index contributed by atoms with van der Waals surface area (Å²) in [6, 6.07) is 34.7. The van der Waals surface area contributed by atoms with Crippen molar-refractivity contribution < 1.29 is 9.47 Å². The summed E-state index contributed by atoms with van der Waals surface area (Å²) in [6.07, 6.45) is 0. The van der Waals surface area contributed by atoms with Crippen LogP contribution < -0.4 is 20.6 Å². The van der Waals surface area contributed by atoms with E-state index in [9.17, 15) is 9.59 Å². The van der Waals surface area contributed by atoms with Gasteiger partial charge in [0.05, 0.1) is 29.1 Å². The second-order valence-electron chi connectivity index (χ2n) is 11.3. The second kappa shape index (κ2) is 12.9. The van der Waals surface area contributed by atoms with Crippen LogP contribution in [0.3, 0.4) is 0 Å². The quantitative estimate of drug-likeness (QED) is 0.178. The molecule has 0 spiro atoms. The van der Waals surface area contributed by atoms with Crippen LogP contribution in [0, 0.1) is 13.8 Å². The summed E-state index contributed by atoms with van der Waals surface area (Å²) in [5, 5.41) is 0. The number of hydrogen-bond acceptors (Lipinski definition) is 4. The Morgan fingerprint density at radius 3 is 1.57 bits per heavy atom. The van der Waals surface area contributed by atoms with Crippen LogP contribution in [0.2, 0.25) is 0 Å². The number of nitrogens with zero attached hydrogens (tertiary/aromatic N) is 4. The van der Waals surface area contributed by atoms with Crippen molar-refractivity contribution in [3.8, 4) is 22.9 Å². The molecule has 0 unspecified atom stereocenters. The van der Waals surface area contributed by atoms with Crippen LogP contribution in [0.5, 0.6) is 11.5 Å². The van der Waals surface area contributed by atoms with Gasteiger partial charge in [-0.3, -0.25) is 19.0 Å². The molecule has 6 aromatic rings. The molecule has 0 aliphatic rings. The summed E-state index contributed by atoms with van der Waals surface area (Å²) in [4.78, 5) is 29.0. The first kappa shape index (κ1) is 30.5. The number of rotatable bonds is 10. The first-order valence-corrected chi connectivity index (χ1v) is 15.4. The Morgan fingerprint density at radius 1 is 0.609 bits per heavy atom. The topological polar surface area (TPSA) is 72.3 Å². The fourth-order valence-corrected chi connectivity index (χ4v) is 6.15. The summed E-state index contributed by atoms with van der Waals surface area (Å²) in [5.41, 5.74) is 5.48. The molecule has 0 amide bonds. The van der Waals surface area contributed by atoms with Gasteiger partial charge in [0.25, 0.3) is 11.1 Å². The van der Waals surface area contributed by atoms with Gasteiger partial charge in [-0.05, 0) is 68.3 Å². The molecule has 0 saturated heterocycles. The minimum atomic E-state index is -0.685. The molecule has 0 radical (unpaired) electrons. The largest absolute Gasteiger partial charge is 0.490 e. The molecule has 234 valence electrons. The third-order valence-corrected chi connectivity index (χ3v) is 8.61. The molecule has 4 aromatic carbocycles. The molecule has 2 heterocycles. The maximum Gasteiger partial charge on any atom is 0.275 e. The highest BCUT2D eigenvalue weighted by molar-refractivity contribution is 5.52. The summed E-state index contributed by atoms with van der Waals surface area (Å²) in [6.45, 7) is 6.58. The van der Waals surface area contributed by atoms with E-state index >= 15 is 0 Å². The van der Waals surface area contributed by atoms with E-state index < -0.39 is 5.92 Å². The fraction of sp³-hybridized carbons (Fsp3) is 0.211. The van der Waals surface area contributed by atoms with Crippen LogP contribution in [-0.4, -0.2) is 25.3 Å². The zero-order valence-electron chi connectivity index (χ0n) is 26.8. The average Bonchev–Trinajstić information content (AvgIpc) is 3.44. The fourth-order valence-electron chi connectivity index (χ4n) is 6.15. The first-order chi connectivity index (χ1) is 22.3. The van der Waals surface area contributed by atoms with Gasteiger partial charge in [-0.25, -0.2) is 9.36 Å². The van der Waals surface area contributed by atoms with Gasteiger partial charge < -0.3 is 9.47 Å². The lowest BCUT2D eigenvalue weighted by Gasteiger charge is -2.19. The smallest absolute Gasteiger partial charge is 0.275 e. The predicted octanol–water partition coefficient (Wildman–Crippen LogP) is 6.44. The number of hydrogen-bond donors (Lipinski definition) is 0. The standard InChI is InChI=1S/C38H38N4O4/c1-6-45-33-24-29(22-23-32(33)46-25-28-16-10-7-11-17-28)36(34-26(2)39(4)41(37(34)43)30-18-12-8-13-19-30)35-27(3)40(5)42(38(35)44)31-20-14-9-15-21-31/h7-24,36H,6,25H2,1-5H3. The van der Waals surface area contributed by atoms with E-state index in [4.69, 9.17) is 9.47 Å². The van der Waals surface area contributed by atoms with Gasteiger partial charge in [0.2, 0.25) is 0 Å². The van der Waals surface area contributed by atoms with Crippen LogP contribution in [0.25, 0.3) is 11.4 Å². The lowest BCUT2D eigenvalue weighted by Crippen LogP contribution is -2.26. The highest BCUT2D eigenvalue weighted by Crippen LogP contribution is 2.38. The lowest BCUT2D eigenvalue weighted by atomic mass is 9.85. The minimum Gasteiger partial charge on any atom is -0.490 e. The molecule has 6 rings (SSSR count). The van der Waals surface area contributed by atoms with Crippen LogP contribution >= 0.6 is 0 Å². The Bertz CT molecular complexity index is 1980. The van der Waals surface area contributed by atoms with Crippen molar-refractivity contribution in [3.63, 3.8) is 0 Å². The molecule has 2 aromatic heterocycles. The molecular formula is C38H38N4O4. The van der Waals surface area contributed by atoms with E-state index in [-0.39, 0.29) is 11.1 Å². The van der Waals surface area contributed by atoms with Crippen LogP contribution in [0.4, 0.5) is 0 Å². The van der Waals surface area contributed by atoms with E-state index in [1.54, 1.807) is 9.36 Å². The molecule has 0 aliphatic heterocycles. The number of benzene rings is 4. The molecule has 0 atom stereocenters.